The SMILES string of the molecule is CC1CC=CCC1COCC(O)CNCC(O)C1CC1. The highest BCUT2D eigenvalue weighted by molar-refractivity contribution is 4.93. The van der Waals surface area contributed by atoms with Crippen LogP contribution in [0.25, 0.3) is 0 Å². The van der Waals surface area contributed by atoms with Gasteiger partial charge in [0.15, 0.2) is 0 Å². The highest BCUT2D eigenvalue weighted by Gasteiger charge is 2.29. The maximum atomic E-state index is 9.83. The Labute approximate surface area is 122 Å². The van der Waals surface area contributed by atoms with Crippen molar-refractivity contribution in [1.29, 1.82) is 0 Å². The van der Waals surface area contributed by atoms with Gasteiger partial charge in [-0.15, -0.1) is 0 Å². The molecule has 0 aromatic rings. The second-order valence-electron chi connectivity index (χ2n) is 6.43. The van der Waals surface area contributed by atoms with Crippen LogP contribution in [-0.2, 0) is 4.74 Å². The summed E-state index contributed by atoms with van der Waals surface area (Å²) in [5, 5.41) is 22.6. The molecule has 0 saturated heterocycles. The molecule has 3 N–H and O–H groups in total. The lowest BCUT2D eigenvalue weighted by molar-refractivity contribution is 0.0116. The van der Waals surface area contributed by atoms with Crippen LogP contribution < -0.4 is 5.32 Å². The molecule has 4 heteroatoms. The molecule has 116 valence electrons. The number of nitrogens with one attached hydrogen (secondary N) is 1. The van der Waals surface area contributed by atoms with Crippen LogP contribution in [0.4, 0.5) is 0 Å². The first-order valence-corrected chi connectivity index (χ1v) is 7.96. The molecule has 0 aliphatic heterocycles. The van der Waals surface area contributed by atoms with Crippen molar-refractivity contribution in [2.45, 2.75) is 44.8 Å². The molecule has 2 aliphatic rings. The Kier molecular flexibility index (Phi) is 6.49. The van der Waals surface area contributed by atoms with Gasteiger partial charge in [0.1, 0.15) is 0 Å². The van der Waals surface area contributed by atoms with E-state index < -0.39 is 6.10 Å². The van der Waals surface area contributed by atoms with Gasteiger partial charge in [0.25, 0.3) is 0 Å². The van der Waals surface area contributed by atoms with Crippen molar-refractivity contribution in [1.82, 2.24) is 5.32 Å². The topological polar surface area (TPSA) is 61.7 Å². The van der Waals surface area contributed by atoms with E-state index >= 15 is 0 Å². The van der Waals surface area contributed by atoms with Crippen molar-refractivity contribution in [3.8, 4) is 0 Å². The van der Waals surface area contributed by atoms with Gasteiger partial charge in [0.2, 0.25) is 0 Å². The number of aliphatic hydroxyl groups excluding tert-OH is 2. The van der Waals surface area contributed by atoms with Gasteiger partial charge in [-0.3, -0.25) is 0 Å². The molecule has 0 radical (unpaired) electrons. The molecule has 1 saturated carbocycles. The molecule has 4 atom stereocenters. The highest BCUT2D eigenvalue weighted by atomic mass is 16.5. The van der Waals surface area contributed by atoms with Crippen molar-refractivity contribution in [2.24, 2.45) is 17.8 Å². The number of hydrogen-bond donors (Lipinski definition) is 3. The van der Waals surface area contributed by atoms with Crippen molar-refractivity contribution >= 4 is 0 Å². The zero-order chi connectivity index (χ0) is 14.4. The normalized spacial score (nSPS) is 29.4. The highest BCUT2D eigenvalue weighted by Crippen LogP contribution is 2.32. The molecule has 4 unspecified atom stereocenters. The summed E-state index contributed by atoms with van der Waals surface area (Å²) < 4.78 is 5.64. The minimum absolute atomic E-state index is 0.252. The largest absolute Gasteiger partial charge is 0.392 e. The summed E-state index contributed by atoms with van der Waals surface area (Å²) in [7, 11) is 0. The van der Waals surface area contributed by atoms with Crippen molar-refractivity contribution in [3.63, 3.8) is 0 Å². The molecule has 0 heterocycles. The second-order valence-corrected chi connectivity index (χ2v) is 6.43. The molecule has 20 heavy (non-hydrogen) atoms. The smallest absolute Gasteiger partial charge is 0.0897 e. The molecule has 1 fully saturated rings. The molecule has 0 aromatic carbocycles. The van der Waals surface area contributed by atoms with Gasteiger partial charge >= 0.3 is 0 Å². The minimum Gasteiger partial charge on any atom is -0.392 e. The van der Waals surface area contributed by atoms with Crippen LogP contribution in [0.5, 0.6) is 0 Å². The molecule has 0 bridgehead atoms. The molecule has 2 aliphatic carbocycles. The first-order valence-electron chi connectivity index (χ1n) is 7.96. The van der Waals surface area contributed by atoms with E-state index in [1.54, 1.807) is 0 Å². The molecular weight excluding hydrogens is 254 g/mol. The van der Waals surface area contributed by atoms with E-state index in [1.165, 1.54) is 0 Å². The van der Waals surface area contributed by atoms with Gasteiger partial charge in [0.05, 0.1) is 25.4 Å². The van der Waals surface area contributed by atoms with Crippen LogP contribution in [0, 0.1) is 17.8 Å². The van der Waals surface area contributed by atoms with E-state index in [1.807, 2.05) is 0 Å². The Morgan fingerprint density at radius 3 is 2.65 bits per heavy atom. The quantitative estimate of drug-likeness (QED) is 0.559. The fourth-order valence-electron chi connectivity index (χ4n) is 2.70. The Morgan fingerprint density at radius 2 is 1.95 bits per heavy atom. The third-order valence-electron chi connectivity index (χ3n) is 4.46. The van der Waals surface area contributed by atoms with Crippen LogP contribution in [0.2, 0.25) is 0 Å². The second kappa shape index (κ2) is 8.13. The fourth-order valence-corrected chi connectivity index (χ4v) is 2.70. The van der Waals surface area contributed by atoms with Gasteiger partial charge in [-0.1, -0.05) is 19.1 Å². The van der Waals surface area contributed by atoms with Gasteiger partial charge in [-0.05, 0) is 43.4 Å². The maximum absolute atomic E-state index is 9.83. The number of aliphatic hydroxyl groups is 2. The molecule has 2 rings (SSSR count). The van der Waals surface area contributed by atoms with Crippen LogP contribution in [0.3, 0.4) is 0 Å². The lowest BCUT2D eigenvalue weighted by Crippen LogP contribution is -2.36. The summed E-state index contributed by atoms with van der Waals surface area (Å²) in [4.78, 5) is 0. The lowest BCUT2D eigenvalue weighted by Gasteiger charge is -2.25. The van der Waals surface area contributed by atoms with Crippen LogP contribution in [0.1, 0.15) is 32.6 Å². The zero-order valence-corrected chi connectivity index (χ0v) is 12.5. The van der Waals surface area contributed by atoms with Crippen LogP contribution in [0.15, 0.2) is 12.2 Å². The summed E-state index contributed by atoms with van der Waals surface area (Å²) in [6, 6.07) is 0. The van der Waals surface area contributed by atoms with E-state index in [0.29, 0.717) is 37.5 Å². The average molecular weight is 283 g/mol. The fraction of sp³-hybridized carbons (Fsp3) is 0.875. The minimum atomic E-state index is -0.490. The summed E-state index contributed by atoms with van der Waals surface area (Å²) in [6.45, 7) is 4.43. The van der Waals surface area contributed by atoms with Gasteiger partial charge in [0, 0.05) is 13.1 Å². The Bertz CT molecular complexity index is 304. The third-order valence-corrected chi connectivity index (χ3v) is 4.46. The first-order chi connectivity index (χ1) is 9.66. The Balaban J connectivity index is 1.49. The van der Waals surface area contributed by atoms with Crippen molar-refractivity contribution in [2.75, 3.05) is 26.3 Å². The van der Waals surface area contributed by atoms with Gasteiger partial charge in [-0.25, -0.2) is 0 Å². The summed E-state index contributed by atoms with van der Waals surface area (Å²) >= 11 is 0. The summed E-state index contributed by atoms with van der Waals surface area (Å²) in [5.74, 6) is 1.73. The summed E-state index contributed by atoms with van der Waals surface area (Å²) in [6.07, 6.45) is 8.23. The standard InChI is InChI=1S/C16H29NO3/c1-12-4-2-3-5-14(12)10-20-11-15(18)8-17-9-16(19)13-6-7-13/h2-3,12-19H,4-11H2,1H3. The zero-order valence-electron chi connectivity index (χ0n) is 12.5. The Morgan fingerprint density at radius 1 is 1.20 bits per heavy atom. The van der Waals surface area contributed by atoms with Gasteiger partial charge in [-0.2, -0.15) is 0 Å². The maximum Gasteiger partial charge on any atom is 0.0897 e. The molecule has 4 nitrogen and oxygen atoms in total. The number of allylic oxidation sites excluding steroid dienone is 2. The molecule has 0 amide bonds. The third kappa shape index (κ3) is 5.52. The van der Waals surface area contributed by atoms with E-state index in [-0.39, 0.29) is 6.10 Å². The number of rotatable bonds is 9. The first kappa shape index (κ1) is 16.0. The predicted octanol–water partition coefficient (Wildman–Crippen LogP) is 1.33. The van der Waals surface area contributed by atoms with Crippen LogP contribution >= 0.6 is 0 Å². The predicted molar refractivity (Wildman–Crippen MR) is 79.5 cm³/mol. The van der Waals surface area contributed by atoms with E-state index in [2.05, 4.69) is 24.4 Å². The lowest BCUT2D eigenvalue weighted by atomic mass is 9.85. The monoisotopic (exact) mass is 283 g/mol. The van der Waals surface area contributed by atoms with E-state index in [4.69, 9.17) is 4.74 Å². The Hall–Kier alpha value is -0.420. The van der Waals surface area contributed by atoms with E-state index in [0.717, 1.165) is 32.3 Å². The summed E-state index contributed by atoms with van der Waals surface area (Å²) in [5.41, 5.74) is 0. The average Bonchev–Trinajstić information content (AvgIpc) is 3.25. The van der Waals surface area contributed by atoms with E-state index in [9.17, 15) is 10.2 Å². The van der Waals surface area contributed by atoms with Crippen molar-refractivity contribution < 1.29 is 14.9 Å². The molecule has 0 aromatic heterocycles. The number of ether oxygens (including phenoxy) is 1. The molecular formula is C16H29NO3. The number of hydrogen-bond acceptors (Lipinski definition) is 4. The molecule has 0 spiro atoms. The van der Waals surface area contributed by atoms with Gasteiger partial charge < -0.3 is 20.3 Å². The van der Waals surface area contributed by atoms with Crippen LogP contribution in [-0.4, -0.2) is 48.7 Å². The van der Waals surface area contributed by atoms with Crippen molar-refractivity contribution in [3.05, 3.63) is 12.2 Å².